The molecule has 8 nitrogen and oxygen atoms in total. The number of aryl methyl sites for hydroxylation is 2. The predicted octanol–water partition coefficient (Wildman–Crippen LogP) is 4.42. The van der Waals surface area contributed by atoms with E-state index in [4.69, 9.17) is 0 Å². The van der Waals surface area contributed by atoms with Gasteiger partial charge >= 0.3 is 0 Å². The summed E-state index contributed by atoms with van der Waals surface area (Å²) < 4.78 is 17.9. The van der Waals surface area contributed by atoms with E-state index in [1.165, 1.54) is 28.0 Å². The van der Waals surface area contributed by atoms with Crippen molar-refractivity contribution in [3.63, 3.8) is 0 Å². The highest BCUT2D eigenvalue weighted by Crippen LogP contribution is 2.33. The number of hydrogen-bond donors (Lipinski definition) is 2. The third kappa shape index (κ3) is 4.74. The first-order valence-electron chi connectivity index (χ1n) is 13.0. The van der Waals surface area contributed by atoms with Crippen molar-refractivity contribution in [2.24, 2.45) is 7.05 Å². The van der Waals surface area contributed by atoms with Crippen LogP contribution in [0.5, 0.6) is 0 Å². The first-order valence-corrected chi connectivity index (χ1v) is 13.0. The van der Waals surface area contributed by atoms with E-state index in [-0.39, 0.29) is 23.2 Å². The number of aromatic nitrogens is 3. The fourth-order valence-electron chi connectivity index (χ4n) is 5.50. The third-order valence-corrected chi connectivity index (χ3v) is 7.76. The Labute approximate surface area is 226 Å². The van der Waals surface area contributed by atoms with Gasteiger partial charge in [0.25, 0.3) is 11.5 Å². The lowest BCUT2D eigenvalue weighted by Crippen LogP contribution is -2.32. The first kappa shape index (κ1) is 26.4. The molecule has 0 fully saturated rings. The molecule has 2 N–H and O–H groups in total. The fraction of sp³-hybridized carbons (Fsp3) is 0.300. The summed E-state index contributed by atoms with van der Waals surface area (Å²) in [6.45, 7) is 5.87. The minimum Gasteiger partial charge on any atom is -0.386 e. The summed E-state index contributed by atoms with van der Waals surface area (Å²) in [5.74, 6) is -0.583. The van der Waals surface area contributed by atoms with Crippen molar-refractivity contribution in [1.29, 1.82) is 0 Å². The molecule has 1 aliphatic rings. The molecular weight excluding hydrogens is 495 g/mol. The molecule has 0 saturated heterocycles. The minimum absolute atomic E-state index is 0.0835. The lowest BCUT2D eigenvalue weighted by atomic mass is 9.93. The highest BCUT2D eigenvalue weighted by Gasteiger charge is 2.24. The predicted molar refractivity (Wildman–Crippen MR) is 153 cm³/mol. The van der Waals surface area contributed by atoms with Gasteiger partial charge in [0.1, 0.15) is 5.65 Å². The number of amides is 1. The second-order valence-corrected chi connectivity index (χ2v) is 9.95. The summed E-state index contributed by atoms with van der Waals surface area (Å²) in [5.41, 5.74) is 6.45. The zero-order chi connectivity index (χ0) is 27.8. The Morgan fingerprint density at radius 1 is 1.15 bits per heavy atom. The monoisotopic (exact) mass is 528 g/mol. The molecule has 0 saturated carbocycles. The van der Waals surface area contributed by atoms with E-state index >= 15 is 0 Å². The molecule has 0 aliphatic carbocycles. The molecule has 4 heterocycles. The summed E-state index contributed by atoms with van der Waals surface area (Å²) in [5, 5.41) is 6.18. The second-order valence-electron chi connectivity index (χ2n) is 9.95. The number of pyridine rings is 2. The maximum Gasteiger partial charge on any atom is 0.257 e. The Morgan fingerprint density at radius 2 is 1.95 bits per heavy atom. The largest absolute Gasteiger partial charge is 0.386 e. The van der Waals surface area contributed by atoms with Gasteiger partial charge in [0.05, 0.1) is 17.6 Å². The zero-order valence-corrected chi connectivity index (χ0v) is 22.9. The number of carbonyl (C=O) groups is 1. The Balaban J connectivity index is 1.43. The number of benzene rings is 1. The van der Waals surface area contributed by atoms with Crippen molar-refractivity contribution < 1.29 is 9.18 Å². The Bertz CT molecular complexity index is 1670. The summed E-state index contributed by atoms with van der Waals surface area (Å²) >= 11 is 0. The summed E-state index contributed by atoms with van der Waals surface area (Å²) in [4.78, 5) is 31.8. The van der Waals surface area contributed by atoms with E-state index in [0.29, 0.717) is 11.3 Å². The van der Waals surface area contributed by atoms with Crippen LogP contribution in [-0.4, -0.2) is 52.1 Å². The number of carbonyl (C=O) groups excluding carboxylic acids is 1. The Kier molecular flexibility index (Phi) is 7.10. The standard InChI is InChI=1S/C30H33FN6O2/c1-18-14-21(30(39)33-4)6-7-22(18)20-9-12-36(13-10-20)19(2)27-15-23-26(8-11-34-29(23)35(27)5)37-17-24(31)25(32-3)16-28(37)38/h6-9,11,14-17,19,32H,10,12-13H2,1-5H3,(H,33,39)/t19-/m0/s1. The van der Waals surface area contributed by atoms with Gasteiger partial charge < -0.3 is 15.2 Å². The number of anilines is 1. The average Bonchev–Trinajstić information content (AvgIpc) is 3.29. The van der Waals surface area contributed by atoms with E-state index in [0.717, 1.165) is 41.8 Å². The van der Waals surface area contributed by atoms with Gasteiger partial charge in [-0.05, 0) is 61.2 Å². The lowest BCUT2D eigenvalue weighted by Gasteiger charge is -2.32. The van der Waals surface area contributed by atoms with Gasteiger partial charge in [-0.1, -0.05) is 12.1 Å². The Hall–Kier alpha value is -4.24. The fourth-order valence-corrected chi connectivity index (χ4v) is 5.50. The molecule has 0 unspecified atom stereocenters. The van der Waals surface area contributed by atoms with Crippen molar-refractivity contribution in [2.45, 2.75) is 26.3 Å². The van der Waals surface area contributed by atoms with Crippen LogP contribution < -0.4 is 16.2 Å². The van der Waals surface area contributed by atoms with Crippen LogP contribution in [0.3, 0.4) is 0 Å². The van der Waals surface area contributed by atoms with Gasteiger partial charge in [0.2, 0.25) is 0 Å². The van der Waals surface area contributed by atoms with Crippen LogP contribution >= 0.6 is 0 Å². The summed E-state index contributed by atoms with van der Waals surface area (Å²) in [7, 11) is 5.19. The molecule has 3 aromatic heterocycles. The van der Waals surface area contributed by atoms with Gasteiger partial charge in [0.15, 0.2) is 5.82 Å². The first-order chi connectivity index (χ1) is 18.7. The SMILES string of the molecule is CNC(=O)c1ccc(C2=CCN([C@@H](C)c3cc4c(-n5cc(F)c(NC)cc5=O)ccnc4n3C)CC2)c(C)c1. The number of hydrogen-bond acceptors (Lipinski definition) is 5. The van der Waals surface area contributed by atoms with Crippen molar-refractivity contribution in [3.05, 3.63) is 93.4 Å². The van der Waals surface area contributed by atoms with Crippen molar-refractivity contribution in [3.8, 4) is 5.69 Å². The van der Waals surface area contributed by atoms with Gasteiger partial charge in [-0.2, -0.15) is 0 Å². The van der Waals surface area contributed by atoms with Crippen LogP contribution in [0.4, 0.5) is 10.1 Å². The molecule has 1 aromatic carbocycles. The average molecular weight is 529 g/mol. The van der Waals surface area contributed by atoms with Gasteiger partial charge in [-0.3, -0.25) is 19.1 Å². The van der Waals surface area contributed by atoms with Crippen LogP contribution in [0, 0.1) is 12.7 Å². The van der Waals surface area contributed by atoms with Crippen LogP contribution in [-0.2, 0) is 7.05 Å². The highest BCUT2D eigenvalue weighted by atomic mass is 19.1. The number of rotatable bonds is 6. The molecule has 1 amide bonds. The van der Waals surface area contributed by atoms with E-state index in [2.05, 4.69) is 39.6 Å². The van der Waals surface area contributed by atoms with Gasteiger partial charge in [-0.15, -0.1) is 0 Å². The molecule has 0 spiro atoms. The van der Waals surface area contributed by atoms with E-state index in [1.54, 1.807) is 26.4 Å². The smallest absolute Gasteiger partial charge is 0.257 e. The highest BCUT2D eigenvalue weighted by molar-refractivity contribution is 5.94. The van der Waals surface area contributed by atoms with Crippen molar-refractivity contribution >= 4 is 28.2 Å². The van der Waals surface area contributed by atoms with Crippen molar-refractivity contribution in [2.75, 3.05) is 32.5 Å². The third-order valence-electron chi connectivity index (χ3n) is 7.76. The number of nitrogens with one attached hydrogen (secondary N) is 2. The maximum absolute atomic E-state index is 14.5. The van der Waals surface area contributed by atoms with Gasteiger partial charge in [0, 0.05) is 69.2 Å². The molecule has 39 heavy (non-hydrogen) atoms. The molecule has 5 rings (SSSR count). The van der Waals surface area contributed by atoms with E-state index in [9.17, 15) is 14.0 Å². The zero-order valence-electron chi connectivity index (χ0n) is 22.9. The Morgan fingerprint density at radius 3 is 2.62 bits per heavy atom. The van der Waals surface area contributed by atoms with Gasteiger partial charge in [-0.25, -0.2) is 9.37 Å². The molecular formula is C30H33FN6O2. The molecule has 202 valence electrons. The molecule has 0 radical (unpaired) electrons. The molecule has 0 bridgehead atoms. The van der Waals surface area contributed by atoms with Crippen LogP contribution in [0.1, 0.15) is 46.6 Å². The molecule has 1 aliphatic heterocycles. The number of fused-ring (bicyclic) bond motifs is 1. The van der Waals surface area contributed by atoms with Crippen LogP contribution in [0.2, 0.25) is 0 Å². The quantitative estimate of drug-likeness (QED) is 0.387. The molecule has 1 atom stereocenters. The lowest BCUT2D eigenvalue weighted by molar-refractivity contribution is 0.0963. The van der Waals surface area contributed by atoms with E-state index < -0.39 is 5.82 Å². The summed E-state index contributed by atoms with van der Waals surface area (Å²) in [6, 6.07) is 11.0. The topological polar surface area (TPSA) is 84.2 Å². The van der Waals surface area contributed by atoms with Crippen LogP contribution in [0.15, 0.2) is 59.7 Å². The number of nitrogens with zero attached hydrogens (tertiary/aromatic N) is 4. The van der Waals surface area contributed by atoms with E-state index in [1.807, 2.05) is 36.7 Å². The molecule has 9 heteroatoms. The van der Waals surface area contributed by atoms with Crippen molar-refractivity contribution in [1.82, 2.24) is 24.3 Å². The summed E-state index contributed by atoms with van der Waals surface area (Å²) in [6.07, 6.45) is 6.03. The maximum atomic E-state index is 14.5. The second kappa shape index (κ2) is 10.5. The normalized spacial score (nSPS) is 14.8. The minimum atomic E-state index is -0.499. The van der Waals surface area contributed by atoms with Crippen LogP contribution in [0.25, 0.3) is 22.3 Å². The number of halogens is 1. The molecule has 4 aromatic rings.